The van der Waals surface area contributed by atoms with Crippen molar-refractivity contribution in [1.29, 1.82) is 0 Å². The van der Waals surface area contributed by atoms with Crippen LogP contribution >= 0.6 is 23.4 Å². The second kappa shape index (κ2) is 5.98. The molecule has 1 aliphatic heterocycles. The van der Waals surface area contributed by atoms with Crippen molar-refractivity contribution in [2.45, 2.75) is 18.7 Å². The van der Waals surface area contributed by atoms with Crippen molar-refractivity contribution >= 4 is 29.1 Å². The van der Waals surface area contributed by atoms with E-state index in [9.17, 15) is 0 Å². The van der Waals surface area contributed by atoms with Crippen LogP contribution in [0.2, 0.25) is 5.02 Å². The molecule has 0 bridgehead atoms. The summed E-state index contributed by atoms with van der Waals surface area (Å²) in [7, 11) is 1.97. The Morgan fingerprint density at radius 3 is 3.06 bits per heavy atom. The molecule has 1 aromatic rings. The Labute approximate surface area is 113 Å². The lowest BCUT2D eigenvalue weighted by atomic mass is 10.1. The van der Waals surface area contributed by atoms with Gasteiger partial charge in [0.15, 0.2) is 0 Å². The first-order valence-electron chi connectivity index (χ1n) is 6.00. The Morgan fingerprint density at radius 2 is 2.35 bits per heavy atom. The van der Waals surface area contributed by atoms with E-state index in [0.29, 0.717) is 5.25 Å². The van der Waals surface area contributed by atoms with Gasteiger partial charge in [0.05, 0.1) is 0 Å². The third kappa shape index (κ3) is 3.30. The second-order valence-corrected chi connectivity index (χ2v) is 6.41. The number of hydrogen-bond acceptors (Lipinski definition) is 3. The van der Waals surface area contributed by atoms with Crippen LogP contribution in [0, 0.1) is 0 Å². The number of anilines is 1. The number of nitrogens with zero attached hydrogens (tertiary/aromatic N) is 1. The van der Waals surface area contributed by atoms with Gasteiger partial charge in [-0.2, -0.15) is 11.8 Å². The van der Waals surface area contributed by atoms with Crippen LogP contribution in [0.15, 0.2) is 18.2 Å². The molecule has 2 rings (SSSR count). The van der Waals surface area contributed by atoms with Crippen LogP contribution < -0.4 is 10.2 Å². The molecule has 2 nitrogen and oxygen atoms in total. The molecule has 0 aliphatic carbocycles. The van der Waals surface area contributed by atoms with Crippen LogP contribution in [0.25, 0.3) is 0 Å². The molecule has 1 saturated heterocycles. The van der Waals surface area contributed by atoms with E-state index in [1.807, 2.05) is 13.1 Å². The van der Waals surface area contributed by atoms with Gasteiger partial charge in [0.25, 0.3) is 0 Å². The maximum atomic E-state index is 6.07. The van der Waals surface area contributed by atoms with Crippen molar-refractivity contribution in [3.63, 3.8) is 0 Å². The number of thioether (sulfide) groups is 1. The van der Waals surface area contributed by atoms with Gasteiger partial charge in [0, 0.05) is 41.3 Å². The minimum absolute atomic E-state index is 0.710. The molecule has 1 aliphatic rings. The van der Waals surface area contributed by atoms with Crippen LogP contribution in [0.4, 0.5) is 5.69 Å². The third-order valence-corrected chi connectivity index (χ3v) is 4.36. The predicted octanol–water partition coefficient (Wildman–Crippen LogP) is 3.00. The molecule has 0 radical (unpaired) electrons. The monoisotopic (exact) mass is 270 g/mol. The third-order valence-electron chi connectivity index (χ3n) is 2.99. The second-order valence-electron chi connectivity index (χ2n) is 4.43. The highest BCUT2D eigenvalue weighted by atomic mass is 35.5. The normalized spacial score (nSPS) is 20.6. The number of benzene rings is 1. The molecule has 1 atom stereocenters. The van der Waals surface area contributed by atoms with Crippen LogP contribution in [0.3, 0.4) is 0 Å². The van der Waals surface area contributed by atoms with Crippen molar-refractivity contribution < 1.29 is 0 Å². The van der Waals surface area contributed by atoms with Gasteiger partial charge in [-0.05, 0) is 30.8 Å². The molecule has 0 amide bonds. The van der Waals surface area contributed by atoms with E-state index in [2.05, 4.69) is 41.0 Å². The van der Waals surface area contributed by atoms with E-state index in [-0.39, 0.29) is 0 Å². The fraction of sp³-hybridized carbons (Fsp3) is 0.538. The van der Waals surface area contributed by atoms with E-state index in [0.717, 1.165) is 24.7 Å². The van der Waals surface area contributed by atoms with Crippen molar-refractivity contribution in [1.82, 2.24) is 5.32 Å². The van der Waals surface area contributed by atoms with Crippen LogP contribution in [0.5, 0.6) is 0 Å². The summed E-state index contributed by atoms with van der Waals surface area (Å²) in [4.78, 5) is 2.48. The maximum Gasteiger partial charge on any atom is 0.0413 e. The average molecular weight is 271 g/mol. The zero-order chi connectivity index (χ0) is 12.3. The molecule has 17 heavy (non-hydrogen) atoms. The first kappa shape index (κ1) is 13.1. The predicted molar refractivity (Wildman–Crippen MR) is 78.3 cm³/mol. The van der Waals surface area contributed by atoms with Crippen LogP contribution in [-0.4, -0.2) is 31.1 Å². The largest absolute Gasteiger partial charge is 0.369 e. The summed E-state index contributed by atoms with van der Waals surface area (Å²) in [6.07, 6.45) is 0. The highest BCUT2D eigenvalue weighted by Gasteiger charge is 2.19. The summed E-state index contributed by atoms with van der Waals surface area (Å²) >= 11 is 8.13. The summed E-state index contributed by atoms with van der Waals surface area (Å²) in [5.41, 5.74) is 2.62. The molecule has 4 heteroatoms. The molecule has 0 saturated carbocycles. The number of hydrogen-bond donors (Lipinski definition) is 1. The zero-order valence-electron chi connectivity index (χ0n) is 10.4. The molecule has 1 heterocycles. The fourth-order valence-corrected chi connectivity index (χ4v) is 3.44. The van der Waals surface area contributed by atoms with Gasteiger partial charge in [-0.3, -0.25) is 0 Å². The lowest BCUT2D eigenvalue weighted by Gasteiger charge is -2.34. The molecular weight excluding hydrogens is 252 g/mol. The first-order chi connectivity index (χ1) is 8.20. The Morgan fingerprint density at radius 1 is 1.53 bits per heavy atom. The maximum absolute atomic E-state index is 6.07. The molecule has 1 fully saturated rings. The van der Waals surface area contributed by atoms with E-state index in [4.69, 9.17) is 11.6 Å². The lowest BCUT2D eigenvalue weighted by Crippen LogP contribution is -2.37. The van der Waals surface area contributed by atoms with Gasteiger partial charge in [-0.1, -0.05) is 18.5 Å². The number of rotatable bonds is 3. The molecule has 1 aromatic carbocycles. The fourth-order valence-electron chi connectivity index (χ4n) is 2.23. The van der Waals surface area contributed by atoms with Gasteiger partial charge in [-0.15, -0.1) is 0 Å². The quantitative estimate of drug-likeness (QED) is 0.909. The number of halogens is 1. The highest BCUT2D eigenvalue weighted by molar-refractivity contribution is 8.00. The van der Waals surface area contributed by atoms with E-state index in [1.165, 1.54) is 17.0 Å². The standard InChI is InChI=1S/C13H19ClN2S/c1-10-9-16(5-6-17-10)13-4-3-12(14)7-11(13)8-15-2/h3-4,7,10,15H,5-6,8-9H2,1-2H3. The zero-order valence-corrected chi connectivity index (χ0v) is 11.9. The lowest BCUT2D eigenvalue weighted by molar-refractivity contribution is 0.761. The Balaban J connectivity index is 2.23. The number of nitrogens with one attached hydrogen (secondary N) is 1. The molecule has 0 spiro atoms. The Kier molecular flexibility index (Phi) is 4.60. The molecular formula is C13H19ClN2S. The Hall–Kier alpha value is -0.380. The Bertz CT molecular complexity index is 384. The van der Waals surface area contributed by atoms with E-state index >= 15 is 0 Å². The summed E-state index contributed by atoms with van der Waals surface area (Å²) in [6.45, 7) is 5.43. The average Bonchev–Trinajstić information content (AvgIpc) is 2.29. The van der Waals surface area contributed by atoms with Gasteiger partial charge in [0.1, 0.15) is 0 Å². The van der Waals surface area contributed by atoms with Gasteiger partial charge in [-0.25, -0.2) is 0 Å². The van der Waals surface area contributed by atoms with Gasteiger partial charge >= 0.3 is 0 Å². The van der Waals surface area contributed by atoms with Crippen molar-refractivity contribution in [3.8, 4) is 0 Å². The SMILES string of the molecule is CNCc1cc(Cl)ccc1N1CCSC(C)C1. The first-order valence-corrected chi connectivity index (χ1v) is 7.43. The van der Waals surface area contributed by atoms with Crippen molar-refractivity contribution in [3.05, 3.63) is 28.8 Å². The molecule has 1 unspecified atom stereocenters. The van der Waals surface area contributed by atoms with Crippen molar-refractivity contribution in [2.24, 2.45) is 0 Å². The van der Waals surface area contributed by atoms with Gasteiger partial charge < -0.3 is 10.2 Å². The van der Waals surface area contributed by atoms with Crippen molar-refractivity contribution in [2.75, 3.05) is 30.8 Å². The topological polar surface area (TPSA) is 15.3 Å². The highest BCUT2D eigenvalue weighted by Crippen LogP contribution is 2.28. The van der Waals surface area contributed by atoms with Crippen LogP contribution in [0.1, 0.15) is 12.5 Å². The molecule has 1 N–H and O–H groups in total. The summed E-state index contributed by atoms with van der Waals surface area (Å²) in [6, 6.07) is 6.21. The summed E-state index contributed by atoms with van der Waals surface area (Å²) in [5, 5.41) is 4.74. The minimum Gasteiger partial charge on any atom is -0.369 e. The van der Waals surface area contributed by atoms with E-state index < -0.39 is 0 Å². The smallest absolute Gasteiger partial charge is 0.0413 e. The molecule has 0 aromatic heterocycles. The summed E-state index contributed by atoms with van der Waals surface area (Å²) in [5.74, 6) is 1.21. The minimum atomic E-state index is 0.710. The van der Waals surface area contributed by atoms with Crippen LogP contribution in [-0.2, 0) is 6.54 Å². The van der Waals surface area contributed by atoms with E-state index in [1.54, 1.807) is 0 Å². The molecule has 94 valence electrons. The summed E-state index contributed by atoms with van der Waals surface area (Å²) < 4.78 is 0. The van der Waals surface area contributed by atoms with Gasteiger partial charge in [0.2, 0.25) is 0 Å².